The number of ketones is 1. The maximum Gasteiger partial charge on any atom is 0.452 e. The molecule has 0 unspecified atom stereocenters. The van der Waals surface area contributed by atoms with E-state index < -0.39 is 18.6 Å². The number of hydrogen-bond donors (Lipinski definition) is 0. The van der Waals surface area contributed by atoms with Crippen molar-refractivity contribution in [3.05, 3.63) is 0 Å². The van der Waals surface area contributed by atoms with Gasteiger partial charge in [-0.3, -0.25) is 4.79 Å². The number of ether oxygens (including phenoxy) is 1. The third-order valence-corrected chi connectivity index (χ3v) is 6.05. The average Bonchev–Trinajstić information content (AvgIpc) is 2.56. The van der Waals surface area contributed by atoms with Gasteiger partial charge < -0.3 is 4.74 Å². The van der Waals surface area contributed by atoms with E-state index in [0.29, 0.717) is 5.92 Å². The quantitative estimate of drug-likeness (QED) is 0.603. The van der Waals surface area contributed by atoms with E-state index in [1.165, 1.54) is 51.4 Å². The molecule has 2 aliphatic rings. The van der Waals surface area contributed by atoms with E-state index in [1.807, 2.05) is 0 Å². The molecule has 0 spiro atoms. The van der Waals surface area contributed by atoms with Crippen LogP contribution in [-0.4, -0.2) is 25.2 Å². The van der Waals surface area contributed by atoms with Gasteiger partial charge in [0, 0.05) is 6.61 Å². The summed E-state index contributed by atoms with van der Waals surface area (Å²) in [6, 6.07) is 0. The smallest absolute Gasteiger partial charge is 0.373 e. The van der Waals surface area contributed by atoms with Crippen molar-refractivity contribution in [2.24, 2.45) is 23.7 Å². The molecular formula is C19H31F3O2. The molecule has 0 aromatic rings. The number of carbonyl (C=O) groups excluding carboxylic acids is 1. The van der Waals surface area contributed by atoms with Crippen molar-refractivity contribution in [2.45, 2.75) is 77.3 Å². The van der Waals surface area contributed by atoms with E-state index in [0.717, 1.165) is 30.6 Å². The highest BCUT2D eigenvalue weighted by Gasteiger charge is 2.38. The van der Waals surface area contributed by atoms with Crippen LogP contribution in [0.5, 0.6) is 0 Å². The van der Waals surface area contributed by atoms with Gasteiger partial charge >= 0.3 is 6.18 Å². The minimum Gasteiger partial charge on any atom is -0.373 e. The Hall–Kier alpha value is -0.580. The molecule has 24 heavy (non-hydrogen) atoms. The first kappa shape index (κ1) is 19.7. The highest BCUT2D eigenvalue weighted by Crippen LogP contribution is 2.42. The summed E-state index contributed by atoms with van der Waals surface area (Å²) < 4.78 is 41.4. The lowest BCUT2D eigenvalue weighted by Gasteiger charge is -2.37. The Labute approximate surface area is 143 Å². The van der Waals surface area contributed by atoms with Crippen LogP contribution in [0.25, 0.3) is 0 Å². The molecule has 2 nitrogen and oxygen atoms in total. The highest BCUT2D eigenvalue weighted by atomic mass is 19.4. The van der Waals surface area contributed by atoms with Gasteiger partial charge in [0.1, 0.15) is 6.61 Å². The summed E-state index contributed by atoms with van der Waals surface area (Å²) in [7, 11) is 0. The van der Waals surface area contributed by atoms with E-state index >= 15 is 0 Å². The Kier molecular flexibility index (Phi) is 7.58. The minimum atomic E-state index is -4.77. The van der Waals surface area contributed by atoms with Crippen LogP contribution >= 0.6 is 0 Å². The van der Waals surface area contributed by atoms with Crippen molar-refractivity contribution in [1.29, 1.82) is 0 Å². The lowest BCUT2D eigenvalue weighted by atomic mass is 9.69. The molecule has 2 saturated carbocycles. The summed E-state index contributed by atoms with van der Waals surface area (Å²) in [6.45, 7) is 1.72. The lowest BCUT2D eigenvalue weighted by molar-refractivity contribution is -0.176. The molecule has 0 N–H and O–H groups in total. The van der Waals surface area contributed by atoms with Crippen LogP contribution in [-0.2, 0) is 9.53 Å². The van der Waals surface area contributed by atoms with Crippen LogP contribution < -0.4 is 0 Å². The van der Waals surface area contributed by atoms with Crippen LogP contribution in [0.1, 0.15) is 71.1 Å². The van der Waals surface area contributed by atoms with Crippen molar-refractivity contribution in [3.8, 4) is 0 Å². The molecule has 0 saturated heterocycles. The first-order chi connectivity index (χ1) is 11.4. The second-order valence-corrected chi connectivity index (χ2v) is 7.79. The van der Waals surface area contributed by atoms with Gasteiger partial charge in [-0.15, -0.1) is 0 Å². The molecule has 2 fully saturated rings. The summed E-state index contributed by atoms with van der Waals surface area (Å²) >= 11 is 0. The summed E-state index contributed by atoms with van der Waals surface area (Å²) in [5.41, 5.74) is 0. The van der Waals surface area contributed by atoms with E-state index in [4.69, 9.17) is 4.74 Å². The second kappa shape index (κ2) is 9.21. The Morgan fingerprint density at radius 2 is 1.42 bits per heavy atom. The fourth-order valence-electron chi connectivity index (χ4n) is 4.58. The van der Waals surface area contributed by atoms with Crippen LogP contribution in [0, 0.1) is 23.7 Å². The first-order valence-electron chi connectivity index (χ1n) is 9.57. The zero-order valence-electron chi connectivity index (χ0n) is 14.7. The van der Waals surface area contributed by atoms with Crippen LogP contribution in [0.3, 0.4) is 0 Å². The highest BCUT2D eigenvalue weighted by molar-refractivity contribution is 5.85. The van der Waals surface area contributed by atoms with Crippen molar-refractivity contribution in [1.82, 2.24) is 0 Å². The second-order valence-electron chi connectivity index (χ2n) is 7.79. The molecule has 2 rings (SSSR count). The molecule has 0 aliphatic heterocycles. The number of Topliss-reactive ketones (excluding diaryl/α,β-unsaturated/α-hetero) is 1. The summed E-state index contributed by atoms with van der Waals surface area (Å²) in [6.07, 6.45) is 7.75. The first-order valence-corrected chi connectivity index (χ1v) is 9.57. The summed E-state index contributed by atoms with van der Waals surface area (Å²) in [5.74, 6) is 1.12. The zero-order valence-corrected chi connectivity index (χ0v) is 14.7. The van der Waals surface area contributed by atoms with Crippen molar-refractivity contribution >= 4 is 5.78 Å². The molecule has 0 bridgehead atoms. The number of halogens is 3. The standard InChI is InChI=1S/C19H31F3O2/c1-2-3-14-4-8-16(9-5-14)17-10-6-15(7-11-17)12-24-13-18(23)19(20,21)22/h14-17H,2-13H2,1H3. The molecule has 140 valence electrons. The molecule has 0 atom stereocenters. The number of hydrogen-bond acceptors (Lipinski definition) is 2. The molecule has 5 heteroatoms. The van der Waals surface area contributed by atoms with Gasteiger partial charge in [-0.1, -0.05) is 32.6 Å². The van der Waals surface area contributed by atoms with Crippen LogP contribution in [0.4, 0.5) is 13.2 Å². The van der Waals surface area contributed by atoms with Crippen LogP contribution in [0.15, 0.2) is 0 Å². The molecule has 0 radical (unpaired) electrons. The predicted octanol–water partition coefficient (Wildman–Crippen LogP) is 5.55. The average molecular weight is 348 g/mol. The zero-order chi connectivity index (χ0) is 17.6. The normalized spacial score (nSPS) is 31.8. The molecule has 0 aromatic heterocycles. The third kappa shape index (κ3) is 6.05. The predicted molar refractivity (Wildman–Crippen MR) is 87.7 cm³/mol. The van der Waals surface area contributed by atoms with Crippen LogP contribution in [0.2, 0.25) is 0 Å². The topological polar surface area (TPSA) is 26.3 Å². The maximum absolute atomic E-state index is 12.1. The fraction of sp³-hybridized carbons (Fsp3) is 0.947. The Bertz CT molecular complexity index is 379. The summed E-state index contributed by atoms with van der Waals surface area (Å²) in [4.78, 5) is 10.8. The fourth-order valence-corrected chi connectivity index (χ4v) is 4.58. The van der Waals surface area contributed by atoms with Gasteiger partial charge in [-0.25, -0.2) is 0 Å². The van der Waals surface area contributed by atoms with Gasteiger partial charge in [0.15, 0.2) is 0 Å². The van der Waals surface area contributed by atoms with Gasteiger partial charge in [0.2, 0.25) is 0 Å². The van der Waals surface area contributed by atoms with Crippen molar-refractivity contribution < 1.29 is 22.7 Å². The number of rotatable bonds is 7. The molecule has 0 aromatic carbocycles. The van der Waals surface area contributed by atoms with E-state index in [-0.39, 0.29) is 6.61 Å². The molecular weight excluding hydrogens is 317 g/mol. The Morgan fingerprint density at radius 3 is 1.88 bits per heavy atom. The Balaban J connectivity index is 1.61. The number of alkyl halides is 3. The lowest BCUT2D eigenvalue weighted by Crippen LogP contribution is -2.30. The summed E-state index contributed by atoms with van der Waals surface area (Å²) in [5, 5.41) is 0. The SMILES string of the molecule is CCCC1CCC(C2CCC(COCC(=O)C(F)(F)F)CC2)CC1. The van der Waals surface area contributed by atoms with Gasteiger partial charge in [0.25, 0.3) is 5.78 Å². The van der Waals surface area contributed by atoms with Gasteiger partial charge in [-0.05, 0) is 62.2 Å². The van der Waals surface area contributed by atoms with Gasteiger partial charge in [-0.2, -0.15) is 13.2 Å². The van der Waals surface area contributed by atoms with E-state index in [1.54, 1.807) is 0 Å². The Morgan fingerprint density at radius 1 is 0.917 bits per heavy atom. The van der Waals surface area contributed by atoms with Gasteiger partial charge in [0.05, 0.1) is 0 Å². The number of carbonyl (C=O) groups is 1. The minimum absolute atomic E-state index is 0.289. The molecule has 0 amide bonds. The van der Waals surface area contributed by atoms with E-state index in [9.17, 15) is 18.0 Å². The van der Waals surface area contributed by atoms with Crippen molar-refractivity contribution in [3.63, 3.8) is 0 Å². The monoisotopic (exact) mass is 348 g/mol. The molecule has 2 aliphatic carbocycles. The van der Waals surface area contributed by atoms with Crippen molar-refractivity contribution in [2.75, 3.05) is 13.2 Å². The van der Waals surface area contributed by atoms with E-state index in [2.05, 4.69) is 6.92 Å². The largest absolute Gasteiger partial charge is 0.452 e. The molecule has 0 heterocycles. The maximum atomic E-state index is 12.1. The third-order valence-electron chi connectivity index (χ3n) is 6.05.